The highest BCUT2D eigenvalue weighted by atomic mass is 32.2. The van der Waals surface area contributed by atoms with E-state index in [1.54, 1.807) is 48.1 Å². The summed E-state index contributed by atoms with van der Waals surface area (Å²) in [5.41, 5.74) is 1.82. The number of nitrogens with one attached hydrogen (secondary N) is 3. The number of amides is 3. The van der Waals surface area contributed by atoms with E-state index in [0.29, 0.717) is 20.9 Å². The molecule has 11 heteroatoms. The van der Waals surface area contributed by atoms with Gasteiger partial charge in [0.2, 0.25) is 16.9 Å². The lowest BCUT2D eigenvalue weighted by molar-refractivity contribution is -0.117. The maximum atomic E-state index is 12.0. The molecule has 0 atom stereocenters. The first-order chi connectivity index (χ1) is 13.9. The molecule has 9 nitrogen and oxygen atoms in total. The summed E-state index contributed by atoms with van der Waals surface area (Å²) >= 11 is 2.47. The first-order valence-electron chi connectivity index (χ1n) is 8.47. The van der Waals surface area contributed by atoms with Gasteiger partial charge in [0.1, 0.15) is 5.69 Å². The number of carbonyl (C=O) groups excluding carboxylic acids is 3. The van der Waals surface area contributed by atoms with Crippen LogP contribution in [-0.4, -0.2) is 38.2 Å². The van der Waals surface area contributed by atoms with Gasteiger partial charge in [-0.2, -0.15) is 0 Å². The van der Waals surface area contributed by atoms with Gasteiger partial charge in [-0.1, -0.05) is 29.2 Å². The zero-order chi connectivity index (χ0) is 20.8. The van der Waals surface area contributed by atoms with Crippen molar-refractivity contribution in [3.05, 3.63) is 48.3 Å². The minimum Gasteiger partial charge on any atom is -0.347 e. The standard InChI is InChI=1S/C18H18N6O3S2/c1-11(25)19-12-5-3-6-13(9-12)20-17-22-23-18(29-17)28-10-15(26)21-16(27)14-7-4-8-24(14)2/h3-9H,10H2,1-2H3,(H,19,25)(H,20,22)(H,21,26,27). The molecule has 150 valence electrons. The van der Waals surface area contributed by atoms with Crippen LogP contribution < -0.4 is 16.0 Å². The van der Waals surface area contributed by atoms with Gasteiger partial charge in [0.15, 0.2) is 4.34 Å². The van der Waals surface area contributed by atoms with Crippen molar-refractivity contribution in [2.75, 3.05) is 16.4 Å². The van der Waals surface area contributed by atoms with E-state index in [4.69, 9.17) is 0 Å². The molecule has 0 aliphatic heterocycles. The Morgan fingerprint density at radius 2 is 1.93 bits per heavy atom. The second kappa shape index (κ2) is 9.34. The molecule has 3 amide bonds. The lowest BCUT2D eigenvalue weighted by Gasteiger charge is -2.05. The SMILES string of the molecule is CC(=O)Nc1cccc(Nc2nnc(SCC(=O)NC(=O)c3cccn3C)s2)c1. The molecule has 0 aliphatic carbocycles. The minimum absolute atomic E-state index is 0.0445. The lowest BCUT2D eigenvalue weighted by atomic mass is 10.3. The van der Waals surface area contributed by atoms with Crippen molar-refractivity contribution in [2.24, 2.45) is 7.05 Å². The predicted octanol–water partition coefficient (Wildman–Crippen LogP) is 2.63. The Hall–Kier alpha value is -3.18. The van der Waals surface area contributed by atoms with Crippen molar-refractivity contribution in [1.82, 2.24) is 20.1 Å². The summed E-state index contributed by atoms with van der Waals surface area (Å²) in [7, 11) is 1.73. The molecule has 3 N–H and O–H groups in total. The van der Waals surface area contributed by atoms with Gasteiger partial charge in [0.05, 0.1) is 5.75 Å². The Kier molecular flexibility index (Phi) is 6.62. The van der Waals surface area contributed by atoms with Crippen LogP contribution in [0.25, 0.3) is 0 Å². The van der Waals surface area contributed by atoms with Gasteiger partial charge in [-0.25, -0.2) is 0 Å². The van der Waals surface area contributed by atoms with Crippen LogP contribution in [0.15, 0.2) is 46.9 Å². The van der Waals surface area contributed by atoms with Crippen molar-refractivity contribution in [3.63, 3.8) is 0 Å². The Bertz CT molecular complexity index is 1050. The zero-order valence-corrected chi connectivity index (χ0v) is 17.3. The maximum Gasteiger partial charge on any atom is 0.274 e. The highest BCUT2D eigenvalue weighted by molar-refractivity contribution is 8.01. The molecule has 3 rings (SSSR count). The summed E-state index contributed by atoms with van der Waals surface area (Å²) in [6.45, 7) is 1.44. The van der Waals surface area contributed by atoms with Crippen LogP contribution in [0.4, 0.5) is 16.5 Å². The third-order valence-corrected chi connectivity index (χ3v) is 5.57. The summed E-state index contributed by atoms with van der Waals surface area (Å²) in [4.78, 5) is 35.2. The normalized spacial score (nSPS) is 10.4. The second-order valence-electron chi connectivity index (χ2n) is 5.93. The first kappa shape index (κ1) is 20.6. The molecule has 0 aliphatic rings. The van der Waals surface area contributed by atoms with Crippen molar-refractivity contribution in [2.45, 2.75) is 11.3 Å². The van der Waals surface area contributed by atoms with Crippen molar-refractivity contribution in [1.29, 1.82) is 0 Å². The Labute approximate surface area is 174 Å². The number of rotatable bonds is 7. The van der Waals surface area contributed by atoms with E-state index in [1.165, 1.54) is 30.0 Å². The van der Waals surface area contributed by atoms with Crippen LogP contribution in [0.5, 0.6) is 0 Å². The largest absolute Gasteiger partial charge is 0.347 e. The van der Waals surface area contributed by atoms with Crippen LogP contribution in [0.1, 0.15) is 17.4 Å². The maximum absolute atomic E-state index is 12.0. The topological polar surface area (TPSA) is 118 Å². The molecule has 0 spiro atoms. The number of aryl methyl sites for hydroxylation is 1. The number of carbonyl (C=O) groups is 3. The molecular formula is C18H18N6O3S2. The fourth-order valence-electron chi connectivity index (χ4n) is 2.37. The van der Waals surface area contributed by atoms with Gasteiger partial charge in [-0.05, 0) is 30.3 Å². The van der Waals surface area contributed by atoms with Crippen molar-refractivity contribution in [3.8, 4) is 0 Å². The highest BCUT2D eigenvalue weighted by Crippen LogP contribution is 2.28. The summed E-state index contributed by atoms with van der Waals surface area (Å²) < 4.78 is 2.23. The minimum atomic E-state index is -0.443. The quantitative estimate of drug-likeness (QED) is 0.493. The molecule has 0 bridgehead atoms. The molecule has 2 aromatic heterocycles. The zero-order valence-electron chi connectivity index (χ0n) is 15.6. The van der Waals surface area contributed by atoms with Gasteiger partial charge in [-0.15, -0.1) is 10.2 Å². The number of hydrogen-bond donors (Lipinski definition) is 3. The number of nitrogens with zero attached hydrogens (tertiary/aromatic N) is 3. The van der Waals surface area contributed by atoms with E-state index < -0.39 is 11.8 Å². The summed E-state index contributed by atoms with van der Waals surface area (Å²) in [6, 6.07) is 10.6. The second-order valence-corrected chi connectivity index (χ2v) is 8.13. The summed E-state index contributed by atoms with van der Waals surface area (Å²) in [5.74, 6) is -0.959. The van der Waals surface area contributed by atoms with E-state index in [-0.39, 0.29) is 11.7 Å². The van der Waals surface area contributed by atoms with Crippen LogP contribution in [-0.2, 0) is 16.6 Å². The third kappa shape index (κ3) is 5.90. The molecule has 0 saturated heterocycles. The molecule has 3 aromatic rings. The van der Waals surface area contributed by atoms with Crippen LogP contribution in [0.3, 0.4) is 0 Å². The number of aromatic nitrogens is 3. The van der Waals surface area contributed by atoms with E-state index in [0.717, 1.165) is 5.69 Å². The summed E-state index contributed by atoms with van der Waals surface area (Å²) in [5, 5.41) is 16.8. The Balaban J connectivity index is 1.51. The van der Waals surface area contributed by atoms with Crippen molar-refractivity contribution >= 4 is 57.3 Å². The van der Waals surface area contributed by atoms with E-state index in [2.05, 4.69) is 26.1 Å². The molecule has 0 radical (unpaired) electrons. The molecule has 29 heavy (non-hydrogen) atoms. The molecule has 0 saturated carbocycles. The smallest absolute Gasteiger partial charge is 0.274 e. The van der Waals surface area contributed by atoms with E-state index >= 15 is 0 Å². The fraction of sp³-hybridized carbons (Fsp3) is 0.167. The first-order valence-corrected chi connectivity index (χ1v) is 10.3. The number of anilines is 3. The van der Waals surface area contributed by atoms with Gasteiger partial charge in [0, 0.05) is 31.5 Å². The van der Waals surface area contributed by atoms with Gasteiger partial charge in [0.25, 0.3) is 5.91 Å². The average Bonchev–Trinajstić information content (AvgIpc) is 3.28. The monoisotopic (exact) mass is 430 g/mol. The number of hydrogen-bond acceptors (Lipinski definition) is 8. The van der Waals surface area contributed by atoms with Gasteiger partial charge in [-0.3, -0.25) is 19.7 Å². The Morgan fingerprint density at radius 1 is 1.14 bits per heavy atom. The Morgan fingerprint density at radius 3 is 2.66 bits per heavy atom. The van der Waals surface area contributed by atoms with Crippen LogP contribution in [0.2, 0.25) is 0 Å². The van der Waals surface area contributed by atoms with Crippen LogP contribution in [0, 0.1) is 0 Å². The van der Waals surface area contributed by atoms with Crippen molar-refractivity contribution < 1.29 is 14.4 Å². The average molecular weight is 431 g/mol. The number of thioether (sulfide) groups is 1. The molecule has 0 unspecified atom stereocenters. The predicted molar refractivity (Wildman–Crippen MR) is 113 cm³/mol. The molecular weight excluding hydrogens is 412 g/mol. The molecule has 0 fully saturated rings. The molecule has 1 aromatic carbocycles. The highest BCUT2D eigenvalue weighted by Gasteiger charge is 2.14. The number of benzene rings is 1. The molecule has 2 heterocycles. The van der Waals surface area contributed by atoms with Crippen LogP contribution >= 0.6 is 23.1 Å². The number of imide groups is 1. The summed E-state index contributed by atoms with van der Waals surface area (Å²) in [6.07, 6.45) is 1.73. The van der Waals surface area contributed by atoms with Gasteiger partial charge >= 0.3 is 0 Å². The van der Waals surface area contributed by atoms with E-state index in [9.17, 15) is 14.4 Å². The van der Waals surface area contributed by atoms with Gasteiger partial charge < -0.3 is 15.2 Å². The third-order valence-electron chi connectivity index (χ3n) is 3.60. The van der Waals surface area contributed by atoms with E-state index in [1.807, 2.05) is 6.07 Å². The lowest BCUT2D eigenvalue weighted by Crippen LogP contribution is -2.32. The fourth-order valence-corrected chi connectivity index (χ4v) is 3.94.